The van der Waals surface area contributed by atoms with E-state index in [-0.39, 0.29) is 6.61 Å². The van der Waals surface area contributed by atoms with Crippen LogP contribution >= 0.6 is 0 Å². The summed E-state index contributed by atoms with van der Waals surface area (Å²) in [5, 5.41) is 17.9. The van der Waals surface area contributed by atoms with Crippen molar-refractivity contribution in [2.45, 2.75) is 6.61 Å². The van der Waals surface area contributed by atoms with Gasteiger partial charge in [0.1, 0.15) is 11.2 Å². The molecule has 4 aromatic rings. The summed E-state index contributed by atoms with van der Waals surface area (Å²) in [6.45, 7) is -0.188. The minimum Gasteiger partial charge on any atom is -0.390 e. The van der Waals surface area contributed by atoms with Gasteiger partial charge < -0.3 is 5.11 Å². The molecule has 23 heavy (non-hydrogen) atoms. The van der Waals surface area contributed by atoms with Crippen LogP contribution in [0, 0.1) is 0 Å². The largest absolute Gasteiger partial charge is 0.390 e. The highest BCUT2D eigenvalue weighted by atomic mass is 16.6. The van der Waals surface area contributed by atoms with Crippen LogP contribution in [0.25, 0.3) is 33.4 Å². The van der Waals surface area contributed by atoms with Gasteiger partial charge in [-0.2, -0.15) is 0 Å². The van der Waals surface area contributed by atoms with E-state index in [0.29, 0.717) is 22.4 Å². The second-order valence-corrected chi connectivity index (χ2v) is 5.13. The summed E-state index contributed by atoms with van der Waals surface area (Å²) in [4.78, 5) is 4.63. The Bertz CT molecular complexity index is 950. The zero-order valence-electron chi connectivity index (χ0n) is 12.2. The van der Waals surface area contributed by atoms with Crippen molar-refractivity contribution < 1.29 is 9.74 Å². The van der Waals surface area contributed by atoms with Crippen molar-refractivity contribution in [2.75, 3.05) is 0 Å². The molecule has 0 saturated heterocycles. The van der Waals surface area contributed by atoms with Gasteiger partial charge in [-0.25, -0.2) is 9.61 Å². The summed E-state index contributed by atoms with van der Waals surface area (Å²) in [5.41, 5.74) is 4.99. The first-order valence-corrected chi connectivity index (χ1v) is 7.25. The van der Waals surface area contributed by atoms with Crippen LogP contribution in [0.15, 0.2) is 65.3 Å². The number of benzene rings is 2. The smallest absolute Gasteiger partial charge is 0.162 e. The summed E-state index contributed by atoms with van der Waals surface area (Å²) >= 11 is 0. The third kappa shape index (κ3) is 2.27. The molecule has 2 aromatic heterocycles. The predicted octanol–water partition coefficient (Wildman–Crippen LogP) is 3.44. The van der Waals surface area contributed by atoms with Gasteiger partial charge in [0.2, 0.25) is 0 Å². The number of aromatic nitrogens is 3. The molecule has 0 aliphatic heterocycles. The topological polar surface area (TPSA) is 72.0 Å². The van der Waals surface area contributed by atoms with Crippen LogP contribution in [0.4, 0.5) is 0 Å². The lowest BCUT2D eigenvalue weighted by Crippen LogP contribution is -1.99. The second-order valence-electron chi connectivity index (χ2n) is 5.13. The highest BCUT2D eigenvalue weighted by Gasteiger charge is 2.20. The van der Waals surface area contributed by atoms with Gasteiger partial charge in [0.05, 0.1) is 12.3 Å². The number of rotatable bonds is 3. The van der Waals surface area contributed by atoms with E-state index in [9.17, 15) is 5.11 Å². The van der Waals surface area contributed by atoms with Crippen molar-refractivity contribution >= 4 is 11.0 Å². The minimum absolute atomic E-state index is 0.188. The van der Waals surface area contributed by atoms with Crippen LogP contribution in [0.5, 0.6) is 0 Å². The maximum Gasteiger partial charge on any atom is 0.162 e. The normalized spacial score (nSPS) is 11.0. The fraction of sp³-hybridized carbons (Fsp3) is 0.0556. The third-order valence-corrected chi connectivity index (χ3v) is 3.74. The van der Waals surface area contributed by atoms with Crippen LogP contribution in [0.3, 0.4) is 0 Å². The van der Waals surface area contributed by atoms with E-state index >= 15 is 0 Å². The van der Waals surface area contributed by atoms with Gasteiger partial charge >= 0.3 is 0 Å². The van der Waals surface area contributed by atoms with Gasteiger partial charge in [0.25, 0.3) is 0 Å². The predicted molar refractivity (Wildman–Crippen MR) is 86.4 cm³/mol. The molecule has 5 nitrogen and oxygen atoms in total. The van der Waals surface area contributed by atoms with Crippen LogP contribution in [0.2, 0.25) is 0 Å². The highest BCUT2D eigenvalue weighted by Crippen LogP contribution is 2.34. The molecule has 0 fully saturated rings. The molecule has 0 atom stereocenters. The lowest BCUT2D eigenvalue weighted by molar-refractivity contribution is 0.278. The van der Waals surface area contributed by atoms with Crippen molar-refractivity contribution in [3.63, 3.8) is 0 Å². The number of hydrogen-bond donors (Lipinski definition) is 1. The van der Waals surface area contributed by atoms with Crippen molar-refractivity contribution in [3.8, 4) is 22.4 Å². The summed E-state index contributed by atoms with van der Waals surface area (Å²) in [6.07, 6.45) is 0. The first-order chi connectivity index (χ1) is 11.4. The Kier molecular flexibility index (Phi) is 3.33. The van der Waals surface area contributed by atoms with E-state index in [4.69, 9.17) is 4.63 Å². The maximum absolute atomic E-state index is 9.81. The first kappa shape index (κ1) is 13.6. The molecule has 0 amide bonds. The quantitative estimate of drug-likeness (QED) is 0.627. The van der Waals surface area contributed by atoms with Gasteiger partial charge in [-0.05, 0) is 15.9 Å². The van der Waals surface area contributed by atoms with Gasteiger partial charge in [-0.3, -0.25) is 0 Å². The second kappa shape index (κ2) is 5.62. The SMILES string of the molecule is OCc1nc(-c2ccccc2)c2nonc2c1-c1ccccc1. The Labute approximate surface area is 132 Å². The molecule has 0 saturated carbocycles. The zero-order chi connectivity index (χ0) is 15.6. The molecular formula is C18H13N3O2. The minimum atomic E-state index is -0.188. The number of nitrogens with zero attached hydrogens (tertiary/aromatic N) is 3. The van der Waals surface area contributed by atoms with Gasteiger partial charge in [0, 0.05) is 11.1 Å². The van der Waals surface area contributed by atoms with Crippen LogP contribution in [-0.4, -0.2) is 20.4 Å². The average Bonchev–Trinajstić information content (AvgIpc) is 3.11. The van der Waals surface area contributed by atoms with E-state index in [1.807, 2.05) is 60.7 Å². The molecule has 0 aliphatic carbocycles. The molecule has 2 heterocycles. The van der Waals surface area contributed by atoms with Crippen molar-refractivity contribution in [1.82, 2.24) is 15.3 Å². The van der Waals surface area contributed by atoms with Gasteiger partial charge in [0.15, 0.2) is 5.52 Å². The summed E-state index contributed by atoms with van der Waals surface area (Å²) in [6, 6.07) is 19.4. The molecule has 0 spiro atoms. The molecular weight excluding hydrogens is 290 g/mol. The molecule has 5 heteroatoms. The lowest BCUT2D eigenvalue weighted by Gasteiger charge is -2.10. The van der Waals surface area contributed by atoms with E-state index in [1.54, 1.807) is 0 Å². The van der Waals surface area contributed by atoms with Gasteiger partial charge in [-0.1, -0.05) is 60.7 Å². The Morgan fingerprint density at radius 1 is 0.783 bits per heavy atom. The highest BCUT2D eigenvalue weighted by molar-refractivity contribution is 5.99. The van der Waals surface area contributed by atoms with Crippen molar-refractivity contribution in [3.05, 3.63) is 66.4 Å². The number of aliphatic hydroxyl groups is 1. The van der Waals surface area contributed by atoms with E-state index < -0.39 is 0 Å². The number of hydrogen-bond acceptors (Lipinski definition) is 5. The molecule has 4 rings (SSSR count). The van der Waals surface area contributed by atoms with Gasteiger partial charge in [-0.15, -0.1) is 0 Å². The Morgan fingerprint density at radius 3 is 2.04 bits per heavy atom. The fourth-order valence-corrected chi connectivity index (χ4v) is 2.71. The number of pyridine rings is 1. The molecule has 0 unspecified atom stereocenters. The molecule has 112 valence electrons. The van der Waals surface area contributed by atoms with Crippen LogP contribution < -0.4 is 0 Å². The summed E-state index contributed by atoms with van der Waals surface area (Å²) in [7, 11) is 0. The monoisotopic (exact) mass is 303 g/mol. The molecule has 0 bridgehead atoms. The fourth-order valence-electron chi connectivity index (χ4n) is 2.71. The number of aliphatic hydroxyl groups excluding tert-OH is 1. The van der Waals surface area contributed by atoms with E-state index in [2.05, 4.69) is 15.3 Å². The maximum atomic E-state index is 9.81. The molecule has 0 radical (unpaired) electrons. The zero-order valence-corrected chi connectivity index (χ0v) is 12.2. The number of fused-ring (bicyclic) bond motifs is 1. The Balaban J connectivity index is 2.05. The van der Waals surface area contributed by atoms with E-state index in [0.717, 1.165) is 16.7 Å². The summed E-state index contributed by atoms with van der Waals surface area (Å²) in [5.74, 6) is 0. The lowest BCUT2D eigenvalue weighted by atomic mass is 10.00. The Morgan fingerprint density at radius 2 is 1.39 bits per heavy atom. The third-order valence-electron chi connectivity index (χ3n) is 3.74. The molecule has 2 aromatic carbocycles. The van der Waals surface area contributed by atoms with E-state index in [1.165, 1.54) is 0 Å². The summed E-state index contributed by atoms with van der Waals surface area (Å²) < 4.78 is 4.97. The van der Waals surface area contributed by atoms with Crippen molar-refractivity contribution in [2.24, 2.45) is 0 Å². The average molecular weight is 303 g/mol. The first-order valence-electron chi connectivity index (χ1n) is 7.25. The molecule has 1 N–H and O–H groups in total. The van der Waals surface area contributed by atoms with Crippen LogP contribution in [0.1, 0.15) is 5.69 Å². The van der Waals surface area contributed by atoms with Crippen LogP contribution in [-0.2, 0) is 6.61 Å². The molecule has 0 aliphatic rings. The standard InChI is InChI=1S/C18H13N3O2/c22-11-14-15(12-7-3-1-4-8-12)17-18(21-23-20-17)16(19-14)13-9-5-2-6-10-13/h1-10,22H,11H2. The Hall–Kier alpha value is -3.05. The van der Waals surface area contributed by atoms with Crippen molar-refractivity contribution in [1.29, 1.82) is 0 Å².